The van der Waals surface area contributed by atoms with Gasteiger partial charge in [0, 0.05) is 0 Å². The van der Waals surface area contributed by atoms with Crippen molar-refractivity contribution in [2.45, 2.75) is 51.3 Å². The van der Waals surface area contributed by atoms with Gasteiger partial charge in [0.2, 0.25) is 0 Å². The van der Waals surface area contributed by atoms with Crippen molar-refractivity contribution in [3.63, 3.8) is 0 Å². The molecule has 7 nitrogen and oxygen atoms in total. The van der Waals surface area contributed by atoms with E-state index in [2.05, 4.69) is 32.7 Å². The highest BCUT2D eigenvalue weighted by Crippen LogP contribution is 2.25. The van der Waals surface area contributed by atoms with Crippen LogP contribution >= 0.6 is 0 Å². The first kappa shape index (κ1) is 22.2. The summed E-state index contributed by atoms with van der Waals surface area (Å²) in [6, 6.07) is 8.59. The molecule has 2 fully saturated rings. The maximum Gasteiger partial charge on any atom is 0.317 e. The Kier molecular flexibility index (Phi) is 7.55. The second-order valence-electron chi connectivity index (χ2n) is 7.83. The molecule has 0 aliphatic carbocycles. The maximum absolute atomic E-state index is 6.34. The molecule has 0 radical (unpaired) electrons. The monoisotopic (exact) mass is 460 g/mol. The van der Waals surface area contributed by atoms with E-state index in [9.17, 15) is 0 Å². The zero-order valence-corrected chi connectivity index (χ0v) is 21.7. The molecule has 0 N–H and O–H groups in total. The van der Waals surface area contributed by atoms with Crippen molar-refractivity contribution in [1.29, 1.82) is 0 Å². The molecular formula is C17H32O7Si4. The van der Waals surface area contributed by atoms with Crippen LogP contribution in [0.2, 0.25) is 38.8 Å². The summed E-state index contributed by atoms with van der Waals surface area (Å²) >= 11 is 0. The van der Waals surface area contributed by atoms with Crippen LogP contribution in [0.5, 0.6) is 11.5 Å². The molecule has 3 rings (SSSR count). The molecule has 3 atom stereocenters. The van der Waals surface area contributed by atoms with Crippen LogP contribution in [0, 0.1) is 0 Å². The Bertz CT molecular complexity index is 610. The molecule has 0 bridgehead atoms. The van der Waals surface area contributed by atoms with E-state index < -0.39 is 35.7 Å². The quantitative estimate of drug-likeness (QED) is 0.336. The molecule has 1 aromatic carbocycles. The molecule has 0 aromatic heterocycles. The van der Waals surface area contributed by atoms with Gasteiger partial charge in [0.05, 0.1) is 13.2 Å². The standard InChI is InChI=1S/C17H32O7Si4/c1-25-21-27(3,4)22-26(2)24-28(5,23-25)12-6-11-18-15-7-9-16(10-8-15)19-13-17-14-20-17/h7-10,17,25-26H,6,11-14H2,1-5H3. The highest BCUT2D eigenvalue weighted by molar-refractivity contribution is 6.84. The smallest absolute Gasteiger partial charge is 0.317 e. The van der Waals surface area contributed by atoms with E-state index in [1.165, 1.54) is 0 Å². The van der Waals surface area contributed by atoms with Crippen LogP contribution in [0.3, 0.4) is 0 Å². The molecule has 3 unspecified atom stereocenters. The molecule has 28 heavy (non-hydrogen) atoms. The summed E-state index contributed by atoms with van der Waals surface area (Å²) in [6.07, 6.45) is 1.14. The van der Waals surface area contributed by atoms with Gasteiger partial charge in [-0.2, -0.15) is 0 Å². The molecule has 158 valence electrons. The number of hydrogen-bond acceptors (Lipinski definition) is 7. The van der Waals surface area contributed by atoms with Crippen LogP contribution in [0.4, 0.5) is 0 Å². The first-order valence-electron chi connectivity index (χ1n) is 9.92. The molecule has 11 heteroatoms. The highest BCUT2D eigenvalue weighted by atomic mass is 28.5. The molecule has 1 aromatic rings. The average molecular weight is 461 g/mol. The molecule has 0 saturated carbocycles. The number of benzene rings is 1. The lowest BCUT2D eigenvalue weighted by Crippen LogP contribution is -2.56. The molecule has 0 spiro atoms. The first-order chi connectivity index (χ1) is 13.2. The SMILES string of the molecule is C[SiH]1O[Si](C)(C)O[SiH](C)O[Si](C)(CCCOc2ccc(OCC3CO3)cc2)O1. The predicted molar refractivity (Wildman–Crippen MR) is 116 cm³/mol. The summed E-state index contributed by atoms with van der Waals surface area (Å²) in [4.78, 5) is 0. The number of rotatable bonds is 8. The highest BCUT2D eigenvalue weighted by Gasteiger charge is 2.42. The largest absolute Gasteiger partial charge is 0.494 e. The summed E-state index contributed by atoms with van der Waals surface area (Å²) in [5.74, 6) is 1.68. The Hall–Kier alpha value is -0.512. The number of ether oxygens (including phenoxy) is 3. The van der Waals surface area contributed by atoms with Gasteiger partial charge in [-0.25, -0.2) is 0 Å². The molecule has 0 amide bonds. The minimum atomic E-state index is -2.29. The Morgan fingerprint density at radius 1 is 0.929 bits per heavy atom. The third-order valence-corrected chi connectivity index (χ3v) is 19.5. The van der Waals surface area contributed by atoms with Crippen LogP contribution in [-0.2, 0) is 21.2 Å². The Labute approximate surface area is 173 Å². The van der Waals surface area contributed by atoms with E-state index in [4.69, 9.17) is 30.7 Å². The number of hydrogen-bond donors (Lipinski definition) is 0. The van der Waals surface area contributed by atoms with Crippen molar-refractivity contribution in [2.75, 3.05) is 19.8 Å². The summed E-state index contributed by atoms with van der Waals surface area (Å²) < 4.78 is 41.6. The average Bonchev–Trinajstić information content (AvgIpc) is 3.39. The fourth-order valence-corrected chi connectivity index (χ4v) is 19.7. The van der Waals surface area contributed by atoms with Gasteiger partial charge < -0.3 is 30.7 Å². The summed E-state index contributed by atoms with van der Waals surface area (Å²) in [5, 5.41) is 0. The fourth-order valence-electron chi connectivity index (χ4n) is 3.29. The van der Waals surface area contributed by atoms with Crippen molar-refractivity contribution in [2.24, 2.45) is 0 Å². The lowest BCUT2D eigenvalue weighted by atomic mass is 10.3. The topological polar surface area (TPSA) is 67.9 Å². The van der Waals surface area contributed by atoms with E-state index >= 15 is 0 Å². The van der Waals surface area contributed by atoms with Gasteiger partial charge in [-0.3, -0.25) is 0 Å². The predicted octanol–water partition coefficient (Wildman–Crippen LogP) is 2.79. The molecular weight excluding hydrogens is 429 g/mol. The van der Waals surface area contributed by atoms with Crippen LogP contribution in [0.15, 0.2) is 24.3 Å². The van der Waals surface area contributed by atoms with Crippen molar-refractivity contribution in [3.8, 4) is 11.5 Å². The third kappa shape index (κ3) is 7.39. The van der Waals surface area contributed by atoms with Gasteiger partial charge in [0.15, 0.2) is 0 Å². The van der Waals surface area contributed by atoms with E-state index in [-0.39, 0.29) is 6.10 Å². The van der Waals surface area contributed by atoms with Gasteiger partial charge in [0.25, 0.3) is 0 Å². The fraction of sp³-hybridized carbons (Fsp3) is 0.647. The van der Waals surface area contributed by atoms with E-state index in [1.54, 1.807) is 0 Å². The summed E-state index contributed by atoms with van der Waals surface area (Å²) in [5.41, 5.74) is 0. The van der Waals surface area contributed by atoms with Crippen LogP contribution in [-0.4, -0.2) is 61.6 Å². The Morgan fingerprint density at radius 2 is 1.46 bits per heavy atom. The lowest BCUT2D eigenvalue weighted by molar-refractivity contribution is 0.255. The van der Waals surface area contributed by atoms with Gasteiger partial charge in [-0.1, -0.05) is 0 Å². The lowest BCUT2D eigenvalue weighted by Gasteiger charge is -2.40. The molecule has 2 heterocycles. The zero-order valence-electron chi connectivity index (χ0n) is 17.4. The van der Waals surface area contributed by atoms with Crippen LogP contribution < -0.4 is 9.47 Å². The minimum Gasteiger partial charge on any atom is -0.494 e. The van der Waals surface area contributed by atoms with Crippen molar-refractivity contribution >= 4 is 35.7 Å². The molecule has 2 aliphatic heterocycles. The minimum absolute atomic E-state index is 0.264. The second-order valence-corrected chi connectivity index (χ2v) is 19.4. The van der Waals surface area contributed by atoms with E-state index in [1.807, 2.05) is 24.3 Å². The van der Waals surface area contributed by atoms with Gasteiger partial charge >= 0.3 is 35.7 Å². The van der Waals surface area contributed by atoms with Crippen molar-refractivity contribution in [3.05, 3.63) is 24.3 Å². The Balaban J connectivity index is 1.41. The van der Waals surface area contributed by atoms with E-state index in [0.29, 0.717) is 13.2 Å². The van der Waals surface area contributed by atoms with Gasteiger partial charge in [-0.15, -0.1) is 0 Å². The molecule has 2 saturated heterocycles. The summed E-state index contributed by atoms with van der Waals surface area (Å²) in [6.45, 7) is 12.4. The van der Waals surface area contributed by atoms with Crippen molar-refractivity contribution < 1.29 is 30.7 Å². The van der Waals surface area contributed by atoms with Crippen LogP contribution in [0.1, 0.15) is 6.42 Å². The van der Waals surface area contributed by atoms with Gasteiger partial charge in [-0.05, 0) is 69.5 Å². The Morgan fingerprint density at radius 3 is 2.00 bits per heavy atom. The van der Waals surface area contributed by atoms with Crippen molar-refractivity contribution in [1.82, 2.24) is 0 Å². The molecule has 2 aliphatic rings. The summed E-state index contributed by atoms with van der Waals surface area (Å²) in [7, 11) is -7.87. The van der Waals surface area contributed by atoms with E-state index in [0.717, 1.165) is 30.6 Å². The third-order valence-electron chi connectivity index (χ3n) is 4.44. The normalized spacial score (nSPS) is 32.2. The zero-order chi connectivity index (χ0) is 20.2. The van der Waals surface area contributed by atoms with Gasteiger partial charge in [0.1, 0.15) is 24.2 Å². The number of epoxide rings is 1. The first-order valence-corrected chi connectivity index (χ1v) is 19.5. The van der Waals surface area contributed by atoms with Crippen LogP contribution in [0.25, 0.3) is 0 Å². The maximum atomic E-state index is 6.34. The second kappa shape index (κ2) is 9.53.